The van der Waals surface area contributed by atoms with Gasteiger partial charge < -0.3 is 10.1 Å². The Bertz CT molecular complexity index is 299. The lowest BCUT2D eigenvalue weighted by molar-refractivity contribution is -0.192. The smallest absolute Gasteiger partial charge is 0.475 e. The number of carboxylic acid groups (broad SMARTS) is 1. The van der Waals surface area contributed by atoms with Gasteiger partial charge in [-0.2, -0.15) is 13.2 Å². The van der Waals surface area contributed by atoms with Crippen molar-refractivity contribution in [2.75, 3.05) is 0 Å². The van der Waals surface area contributed by atoms with Crippen molar-refractivity contribution in [3.63, 3.8) is 0 Å². The molecule has 0 unspecified atom stereocenters. The molecular formula is C5H4F3NO3S. The average molecular weight is 215 g/mol. The first kappa shape index (κ1) is 11.7. The summed E-state index contributed by atoms with van der Waals surface area (Å²) in [6.07, 6.45) is -3.47. The van der Waals surface area contributed by atoms with E-state index >= 15 is 0 Å². The lowest BCUT2D eigenvalue weighted by atomic mass is 10.7. The fraction of sp³-hybridized carbons (Fsp3) is 0.200. The zero-order valence-corrected chi connectivity index (χ0v) is 6.78. The van der Waals surface area contributed by atoms with Crippen LogP contribution in [0.15, 0.2) is 16.4 Å². The monoisotopic (exact) mass is 215 g/mol. The molecule has 0 aromatic carbocycles. The zero-order valence-electron chi connectivity index (χ0n) is 5.96. The van der Waals surface area contributed by atoms with E-state index in [0.29, 0.717) is 0 Å². The van der Waals surface area contributed by atoms with Crippen molar-refractivity contribution in [3.05, 3.63) is 21.2 Å². The van der Waals surface area contributed by atoms with Crippen molar-refractivity contribution in [2.45, 2.75) is 6.18 Å². The minimum atomic E-state index is -5.08. The fourth-order valence-electron chi connectivity index (χ4n) is 0.232. The molecule has 0 aliphatic rings. The molecule has 1 rings (SSSR count). The van der Waals surface area contributed by atoms with Gasteiger partial charge >= 0.3 is 17.0 Å². The molecule has 0 radical (unpaired) electrons. The summed E-state index contributed by atoms with van der Waals surface area (Å²) >= 11 is 1.17. The molecule has 0 saturated heterocycles. The van der Waals surface area contributed by atoms with Gasteiger partial charge in [-0.3, -0.25) is 4.79 Å². The number of hydrogen-bond acceptors (Lipinski definition) is 3. The van der Waals surface area contributed by atoms with Gasteiger partial charge in [-0.25, -0.2) is 4.79 Å². The highest BCUT2D eigenvalue weighted by Gasteiger charge is 2.38. The number of aromatic amines is 1. The summed E-state index contributed by atoms with van der Waals surface area (Å²) in [5.74, 6) is -2.76. The number of nitrogens with one attached hydrogen (secondary N) is 1. The SMILES string of the molecule is O=C(O)C(F)(F)F.O=c1[nH]ccs1. The molecule has 0 atom stereocenters. The van der Waals surface area contributed by atoms with Crippen molar-refractivity contribution >= 4 is 17.3 Å². The van der Waals surface area contributed by atoms with Crippen molar-refractivity contribution in [3.8, 4) is 0 Å². The first-order chi connectivity index (χ1) is 5.84. The maximum atomic E-state index is 10.6. The highest BCUT2D eigenvalue weighted by molar-refractivity contribution is 7.07. The van der Waals surface area contributed by atoms with Crippen LogP contribution in [0.2, 0.25) is 0 Å². The van der Waals surface area contributed by atoms with Gasteiger partial charge in [0.25, 0.3) is 0 Å². The number of halogens is 3. The second kappa shape index (κ2) is 4.65. The number of aliphatic carboxylic acids is 1. The highest BCUT2D eigenvalue weighted by Crippen LogP contribution is 2.13. The quantitative estimate of drug-likeness (QED) is 0.680. The van der Waals surface area contributed by atoms with Crippen LogP contribution in [-0.2, 0) is 4.79 Å². The van der Waals surface area contributed by atoms with E-state index in [4.69, 9.17) is 9.90 Å². The van der Waals surface area contributed by atoms with Gasteiger partial charge in [0.05, 0.1) is 0 Å². The number of H-pyrrole nitrogens is 1. The third-order valence-electron chi connectivity index (χ3n) is 0.687. The van der Waals surface area contributed by atoms with Crippen molar-refractivity contribution in [1.82, 2.24) is 4.98 Å². The molecule has 1 aromatic rings. The molecule has 8 heteroatoms. The minimum Gasteiger partial charge on any atom is -0.475 e. The molecule has 4 nitrogen and oxygen atoms in total. The normalized spacial score (nSPS) is 10.1. The lowest BCUT2D eigenvalue weighted by Crippen LogP contribution is -2.21. The third kappa shape index (κ3) is 5.91. The summed E-state index contributed by atoms with van der Waals surface area (Å²) in [6.45, 7) is 0. The Morgan fingerprint density at radius 1 is 1.54 bits per heavy atom. The number of hydrogen-bond donors (Lipinski definition) is 2. The number of rotatable bonds is 0. The van der Waals surface area contributed by atoms with E-state index in [0.717, 1.165) is 0 Å². The molecule has 2 N–H and O–H groups in total. The van der Waals surface area contributed by atoms with Crippen LogP contribution in [0.4, 0.5) is 13.2 Å². The number of alkyl halides is 3. The van der Waals surface area contributed by atoms with Gasteiger partial charge in [-0.15, -0.1) is 0 Å². The summed E-state index contributed by atoms with van der Waals surface area (Å²) < 4.78 is 31.7. The number of thiazole rings is 1. The summed E-state index contributed by atoms with van der Waals surface area (Å²) in [7, 11) is 0. The van der Waals surface area contributed by atoms with Crippen LogP contribution in [0.5, 0.6) is 0 Å². The molecule has 0 aliphatic heterocycles. The predicted octanol–water partition coefficient (Wildman–Crippen LogP) is 1.07. The number of aromatic nitrogens is 1. The summed E-state index contributed by atoms with van der Waals surface area (Å²) in [5, 5.41) is 8.84. The second-order valence-corrected chi connectivity index (χ2v) is 2.53. The first-order valence-electron chi connectivity index (χ1n) is 2.76. The molecule has 0 bridgehead atoms. The van der Waals surface area contributed by atoms with Crippen LogP contribution in [0.1, 0.15) is 0 Å². The molecule has 0 saturated carbocycles. The number of carboxylic acids is 1. The van der Waals surface area contributed by atoms with Crippen molar-refractivity contribution < 1.29 is 23.1 Å². The van der Waals surface area contributed by atoms with Gasteiger partial charge in [0.1, 0.15) is 0 Å². The van der Waals surface area contributed by atoms with Gasteiger partial charge in [0, 0.05) is 11.6 Å². The molecular weight excluding hydrogens is 211 g/mol. The fourth-order valence-corrected chi connectivity index (χ4v) is 0.628. The predicted molar refractivity (Wildman–Crippen MR) is 38.6 cm³/mol. The lowest BCUT2D eigenvalue weighted by Gasteiger charge is -1.93. The molecule has 1 aromatic heterocycles. The van der Waals surface area contributed by atoms with Gasteiger partial charge in [0.2, 0.25) is 0 Å². The third-order valence-corrected chi connectivity index (χ3v) is 1.29. The van der Waals surface area contributed by atoms with Crippen molar-refractivity contribution in [2.24, 2.45) is 0 Å². The van der Waals surface area contributed by atoms with Crippen molar-refractivity contribution in [1.29, 1.82) is 0 Å². The maximum Gasteiger partial charge on any atom is 0.490 e. The van der Waals surface area contributed by atoms with Crippen LogP contribution < -0.4 is 4.87 Å². The largest absolute Gasteiger partial charge is 0.490 e. The van der Waals surface area contributed by atoms with Gasteiger partial charge in [0.15, 0.2) is 0 Å². The maximum absolute atomic E-state index is 10.6. The summed E-state index contributed by atoms with van der Waals surface area (Å²) in [5.41, 5.74) is 0. The Hall–Kier alpha value is -1.31. The van der Waals surface area contributed by atoms with Crippen LogP contribution in [0.3, 0.4) is 0 Å². The van der Waals surface area contributed by atoms with E-state index in [9.17, 15) is 18.0 Å². The highest BCUT2D eigenvalue weighted by atomic mass is 32.1. The Balaban J connectivity index is 0.000000223. The molecule has 0 fully saturated rings. The van der Waals surface area contributed by atoms with E-state index in [2.05, 4.69) is 4.98 Å². The van der Waals surface area contributed by atoms with Gasteiger partial charge in [-0.1, -0.05) is 11.3 Å². The average Bonchev–Trinajstić information content (AvgIpc) is 2.38. The van der Waals surface area contributed by atoms with E-state index in [1.807, 2.05) is 0 Å². The Labute approximate surface area is 73.6 Å². The molecule has 74 valence electrons. The van der Waals surface area contributed by atoms with E-state index in [1.54, 1.807) is 11.6 Å². The topological polar surface area (TPSA) is 70.2 Å². The van der Waals surface area contributed by atoms with Gasteiger partial charge in [-0.05, 0) is 0 Å². The van der Waals surface area contributed by atoms with E-state index in [1.165, 1.54) is 11.3 Å². The molecule has 13 heavy (non-hydrogen) atoms. The molecule has 0 aliphatic carbocycles. The molecule has 0 spiro atoms. The summed E-state index contributed by atoms with van der Waals surface area (Å²) in [4.78, 5) is 21.4. The molecule has 1 heterocycles. The Morgan fingerprint density at radius 2 is 2.00 bits per heavy atom. The summed E-state index contributed by atoms with van der Waals surface area (Å²) in [6, 6.07) is 0. The second-order valence-electron chi connectivity index (χ2n) is 1.66. The van der Waals surface area contributed by atoms with Crippen LogP contribution in [-0.4, -0.2) is 22.2 Å². The minimum absolute atomic E-state index is 0.00926. The van der Waals surface area contributed by atoms with Crippen LogP contribution in [0.25, 0.3) is 0 Å². The Kier molecular flexibility index (Phi) is 4.18. The van der Waals surface area contributed by atoms with E-state index < -0.39 is 12.1 Å². The standard InChI is InChI=1S/C3H3NOS.C2HF3O2/c5-3-4-1-2-6-3;3-2(4,5)1(6)7/h1-2H,(H,4,5);(H,6,7). The Morgan fingerprint density at radius 3 is 2.08 bits per heavy atom. The zero-order chi connectivity index (χ0) is 10.5. The molecule has 0 amide bonds. The first-order valence-corrected chi connectivity index (χ1v) is 3.64. The van der Waals surface area contributed by atoms with E-state index in [-0.39, 0.29) is 4.87 Å². The number of carbonyl (C=O) groups is 1. The van der Waals surface area contributed by atoms with Crippen LogP contribution >= 0.6 is 11.3 Å². The van der Waals surface area contributed by atoms with Crippen LogP contribution in [0, 0.1) is 0 Å².